The summed E-state index contributed by atoms with van der Waals surface area (Å²) in [5.74, 6) is -3.12. The van der Waals surface area contributed by atoms with Crippen LogP contribution in [0.4, 0.5) is 14.6 Å². The van der Waals surface area contributed by atoms with Crippen LogP contribution in [0.5, 0.6) is 5.88 Å². The van der Waals surface area contributed by atoms with Crippen LogP contribution in [-0.2, 0) is 41.7 Å². The lowest BCUT2D eigenvalue weighted by atomic mass is 9.88. The fourth-order valence-corrected chi connectivity index (χ4v) is 11.1. The molecule has 24 heteroatoms. The number of anilines is 1. The van der Waals surface area contributed by atoms with Gasteiger partial charge in [0.15, 0.2) is 17.3 Å². The van der Waals surface area contributed by atoms with E-state index >= 15 is 0 Å². The number of carbonyl (C=O) groups excluding carboxylic acids is 5. The second-order valence-corrected chi connectivity index (χ2v) is 20.9. The van der Waals surface area contributed by atoms with Crippen molar-refractivity contribution >= 4 is 52.0 Å². The molecule has 6 heterocycles. The predicted octanol–water partition coefficient (Wildman–Crippen LogP) is 3.79. The number of likely N-dealkylation sites (tertiary alicyclic amines) is 2. The van der Waals surface area contributed by atoms with Gasteiger partial charge in [0.05, 0.1) is 92.1 Å². The fourth-order valence-electron chi connectivity index (χ4n) is 9.90. The first-order valence-corrected chi connectivity index (χ1v) is 27.4. The first-order valence-electron chi connectivity index (χ1n) is 26.5. The Balaban J connectivity index is 0.851. The average molecular weight is 1100 g/mol. The molecule has 2 bridgehead atoms. The van der Waals surface area contributed by atoms with Gasteiger partial charge >= 0.3 is 0 Å². The Morgan fingerprint density at radius 2 is 1.81 bits per heavy atom. The maximum atomic E-state index is 14.8. The number of nitrogen functional groups attached to an aromatic ring is 1. The smallest absolute Gasteiger partial charge is 0.258 e. The minimum Gasteiger partial charge on any atom is -0.471 e. The Morgan fingerprint density at radius 3 is 2.51 bits per heavy atom. The molecule has 420 valence electrons. The number of allylic oxidation sites excluding steroid dienone is 3. The summed E-state index contributed by atoms with van der Waals surface area (Å²) in [6.45, 7) is 9.19. The quantitative estimate of drug-likeness (QED) is 0.0735. The minimum atomic E-state index is -1.07. The number of nitrogens with two attached hydrogens (primary N) is 1. The standard InChI is InChI=1S/C54H71F2N13O8S/c1-7-9-38(56)28-39-34(3)77-51-49(58)60-30-41(61-51)46-40(29-57)64-69(44(46)31-66(6)53(39)73)22-21-65(5)45(70)17-24-75-26-27-76-25-23-67-19-15-35(16-20-67)47(63-50(72)33(2)59-4)54(74)68-18-8-10-43(68)52-62-42(32-78-52)48(71)36-11-13-37(55)14-12-36/h7,9,11-14,28,30,33-35,39,42-43,47,59H,8,10,15-27,31-32H2,1-6H3,(H2,58,60)(H,63,72)/b9-7-,38-28+/t33-,34+,39?,42?,43-,47-/m0/s1. The summed E-state index contributed by atoms with van der Waals surface area (Å²) in [5.41, 5.74) is 7.55. The predicted molar refractivity (Wildman–Crippen MR) is 289 cm³/mol. The number of hydrogen-bond donors (Lipinski definition) is 3. The second kappa shape index (κ2) is 27.8. The molecular formula is C54H71F2N13O8S. The number of likely N-dealkylation sites (N-methyl/N-ethyl adjacent to an activating group) is 2. The molecule has 0 spiro atoms. The van der Waals surface area contributed by atoms with Crippen LogP contribution < -0.4 is 21.1 Å². The Morgan fingerprint density at radius 1 is 1.08 bits per heavy atom. The Hall–Kier alpha value is -6.65. The number of piperidine rings is 1. The van der Waals surface area contributed by atoms with Gasteiger partial charge < -0.3 is 50.2 Å². The van der Waals surface area contributed by atoms with E-state index in [2.05, 4.69) is 36.7 Å². The van der Waals surface area contributed by atoms with Crippen LogP contribution in [0.3, 0.4) is 0 Å². The summed E-state index contributed by atoms with van der Waals surface area (Å²) in [4.78, 5) is 88.7. The number of ketones is 1. The van der Waals surface area contributed by atoms with E-state index < -0.39 is 47.7 Å². The van der Waals surface area contributed by atoms with E-state index in [4.69, 9.17) is 24.9 Å². The Labute approximate surface area is 458 Å². The highest BCUT2D eigenvalue weighted by Crippen LogP contribution is 2.34. The monoisotopic (exact) mass is 1100 g/mol. The number of rotatable bonds is 22. The van der Waals surface area contributed by atoms with Gasteiger partial charge in [0, 0.05) is 45.0 Å². The van der Waals surface area contributed by atoms with Gasteiger partial charge in [-0.15, -0.1) is 11.8 Å². The molecule has 21 nitrogen and oxygen atoms in total. The highest BCUT2D eigenvalue weighted by Gasteiger charge is 2.43. The third-order valence-electron chi connectivity index (χ3n) is 14.6. The van der Waals surface area contributed by atoms with Crippen molar-refractivity contribution in [3.05, 3.63) is 77.3 Å². The number of benzene rings is 1. The van der Waals surface area contributed by atoms with Crippen molar-refractivity contribution < 1.29 is 47.0 Å². The van der Waals surface area contributed by atoms with E-state index in [9.17, 15) is 38.0 Å². The maximum Gasteiger partial charge on any atom is 0.258 e. The maximum absolute atomic E-state index is 14.8. The third-order valence-corrected chi connectivity index (χ3v) is 15.7. The zero-order chi connectivity index (χ0) is 56.0. The Kier molecular flexibility index (Phi) is 21.0. The molecule has 4 aliphatic heterocycles. The van der Waals surface area contributed by atoms with Crippen LogP contribution in [0, 0.1) is 29.0 Å². The molecule has 4 amide bonds. The first-order chi connectivity index (χ1) is 37.5. The highest BCUT2D eigenvalue weighted by molar-refractivity contribution is 8.14. The Bertz CT molecular complexity index is 2760. The van der Waals surface area contributed by atoms with Crippen LogP contribution >= 0.6 is 11.8 Å². The number of aromatic nitrogens is 4. The van der Waals surface area contributed by atoms with E-state index in [-0.39, 0.29) is 97.8 Å². The number of nitrogens with zero attached hydrogens (tertiary/aromatic N) is 10. The summed E-state index contributed by atoms with van der Waals surface area (Å²) >= 11 is 1.48. The average Bonchev–Trinajstić information content (AvgIpc) is 4.22. The number of Topliss-reactive ketones (excluding diaryl/α,β-unsaturated/α-hetero) is 1. The van der Waals surface area contributed by atoms with Gasteiger partial charge in [0.1, 0.15) is 35.9 Å². The van der Waals surface area contributed by atoms with Gasteiger partial charge in [-0.25, -0.2) is 18.7 Å². The van der Waals surface area contributed by atoms with Crippen LogP contribution in [-0.4, -0.2) is 190 Å². The van der Waals surface area contributed by atoms with E-state index in [0.29, 0.717) is 81.2 Å². The molecule has 4 N–H and O–H groups in total. The van der Waals surface area contributed by atoms with Crippen LogP contribution in [0.1, 0.15) is 74.6 Å². The van der Waals surface area contributed by atoms with Crippen molar-refractivity contribution in [3.8, 4) is 23.2 Å². The summed E-state index contributed by atoms with van der Waals surface area (Å²) in [5, 5.41) is 21.5. The first kappa shape index (κ1) is 59.0. The van der Waals surface area contributed by atoms with Crippen molar-refractivity contribution in [2.45, 2.75) is 96.2 Å². The SMILES string of the molecule is C/C=C\C(F)=C/C1C(=O)N(C)Cc2c(c(C#N)nn2CCN(C)C(=O)CCOCCOCCN2CCC([C@H](NC(=O)[C@H](C)NC)C(=O)N3CCC[C@H]3C3=NC(C(=O)c4ccc(F)cc4)CS3)CC2)-c2cnc(N)c(n2)O[C@@H]1C. The number of amides is 4. The van der Waals surface area contributed by atoms with E-state index in [1.807, 2.05) is 4.90 Å². The fraction of sp³-hybridized carbons (Fsp3) is 0.556. The van der Waals surface area contributed by atoms with Crippen molar-refractivity contribution in [2.24, 2.45) is 16.8 Å². The van der Waals surface area contributed by atoms with Crippen LogP contribution in [0.2, 0.25) is 0 Å². The van der Waals surface area contributed by atoms with Gasteiger partial charge in [0.25, 0.3) is 5.88 Å². The summed E-state index contributed by atoms with van der Waals surface area (Å²) in [6, 6.07) is 5.44. The number of ether oxygens (including phenoxy) is 3. The minimum absolute atomic E-state index is 0.0205. The van der Waals surface area contributed by atoms with E-state index in [0.717, 1.165) is 11.5 Å². The van der Waals surface area contributed by atoms with Gasteiger partial charge in [-0.3, -0.25) is 33.6 Å². The topological polar surface area (TPSA) is 256 Å². The molecule has 3 aromatic rings. The third kappa shape index (κ3) is 14.7. The van der Waals surface area contributed by atoms with Gasteiger partial charge in [0.2, 0.25) is 23.6 Å². The van der Waals surface area contributed by atoms with Crippen molar-refractivity contribution in [1.29, 1.82) is 5.26 Å². The zero-order valence-electron chi connectivity index (χ0n) is 45.2. The van der Waals surface area contributed by atoms with E-state index in [1.54, 1.807) is 46.6 Å². The summed E-state index contributed by atoms with van der Waals surface area (Å²) in [6.07, 6.45) is 7.40. The lowest BCUT2D eigenvalue weighted by Gasteiger charge is -2.38. The number of aliphatic imine (C=N–C) groups is 1. The van der Waals surface area contributed by atoms with E-state index in [1.165, 1.54) is 70.3 Å². The molecule has 1 aromatic carbocycles. The van der Waals surface area contributed by atoms with Gasteiger partial charge in [-0.1, -0.05) is 6.08 Å². The number of thioether (sulfide) groups is 1. The number of nitriles is 1. The normalized spacial score (nSPS) is 21.1. The van der Waals surface area contributed by atoms with Crippen molar-refractivity contribution in [3.63, 3.8) is 0 Å². The lowest BCUT2D eigenvalue weighted by Crippen LogP contribution is -2.58. The number of fused-ring (bicyclic) bond motifs is 4. The van der Waals surface area contributed by atoms with Crippen molar-refractivity contribution in [1.82, 2.24) is 50.0 Å². The molecule has 0 aliphatic carbocycles. The number of halogens is 2. The van der Waals surface area contributed by atoms with Gasteiger partial charge in [-0.05, 0) is 109 Å². The van der Waals surface area contributed by atoms with Gasteiger partial charge in [-0.2, -0.15) is 10.4 Å². The number of carbonyl (C=O) groups is 5. The second-order valence-electron chi connectivity index (χ2n) is 19.9. The molecule has 6 atom stereocenters. The molecule has 2 unspecified atom stereocenters. The molecule has 2 fully saturated rings. The molecule has 0 saturated carbocycles. The van der Waals surface area contributed by atoms with Crippen LogP contribution in [0.15, 0.2) is 59.5 Å². The lowest BCUT2D eigenvalue weighted by molar-refractivity contribution is -0.138. The summed E-state index contributed by atoms with van der Waals surface area (Å²) in [7, 11) is 4.92. The number of nitrogens with one attached hydrogen (secondary N) is 2. The van der Waals surface area contributed by atoms with Crippen molar-refractivity contribution in [2.75, 3.05) is 91.8 Å². The highest BCUT2D eigenvalue weighted by atomic mass is 32.2. The summed E-state index contributed by atoms with van der Waals surface area (Å²) < 4.78 is 47.6. The number of hydrogen-bond acceptors (Lipinski definition) is 17. The molecule has 0 radical (unpaired) electrons. The molecule has 2 aromatic heterocycles. The molecule has 4 aliphatic rings. The molecule has 78 heavy (non-hydrogen) atoms. The largest absolute Gasteiger partial charge is 0.471 e. The van der Waals surface area contributed by atoms with Crippen LogP contribution in [0.25, 0.3) is 11.3 Å². The molecule has 7 rings (SSSR count). The zero-order valence-corrected chi connectivity index (χ0v) is 46.0. The molecule has 2 saturated heterocycles. The molecular weight excluding hydrogens is 1030 g/mol.